The van der Waals surface area contributed by atoms with E-state index in [4.69, 9.17) is 0 Å². The molecule has 23 heavy (non-hydrogen) atoms. The highest BCUT2D eigenvalue weighted by Gasteiger charge is 2.48. The third-order valence-corrected chi connectivity index (χ3v) is 4.06. The Balaban J connectivity index is 2.30. The van der Waals surface area contributed by atoms with Crippen LogP contribution in [-0.2, 0) is 16.6 Å². The lowest BCUT2D eigenvalue weighted by Gasteiger charge is -2.38. The Kier molecular flexibility index (Phi) is 5.06. The lowest BCUT2D eigenvalue weighted by molar-refractivity contribution is -0.133. The van der Waals surface area contributed by atoms with Crippen molar-refractivity contribution < 1.29 is 14.0 Å². The van der Waals surface area contributed by atoms with Gasteiger partial charge in [0.1, 0.15) is 0 Å². The van der Waals surface area contributed by atoms with Gasteiger partial charge in [-0.2, -0.15) is 5.10 Å². The second kappa shape index (κ2) is 6.68. The molecule has 2 amide bonds. The van der Waals surface area contributed by atoms with Gasteiger partial charge in [-0.1, -0.05) is 0 Å². The molecule has 0 aromatic carbocycles. The van der Waals surface area contributed by atoms with Gasteiger partial charge in [0.25, 0.3) is 0 Å². The topological polar surface area (TPSA) is 67.2 Å². The van der Waals surface area contributed by atoms with Gasteiger partial charge in [0.05, 0.1) is 24.8 Å². The monoisotopic (exact) mass is 324 g/mol. The van der Waals surface area contributed by atoms with E-state index >= 15 is 0 Å². The highest BCUT2D eigenvalue weighted by atomic mass is 19.1. The number of halogens is 1. The van der Waals surface area contributed by atoms with Gasteiger partial charge in [-0.3, -0.25) is 18.7 Å². The van der Waals surface area contributed by atoms with Crippen molar-refractivity contribution in [1.82, 2.24) is 20.0 Å². The number of carbonyl (C=O) groups excluding carboxylic acids is 2. The van der Waals surface area contributed by atoms with E-state index in [-0.39, 0.29) is 37.2 Å². The average Bonchev–Trinajstić information content (AvgIpc) is 3.01. The van der Waals surface area contributed by atoms with Crippen LogP contribution in [0.2, 0.25) is 0 Å². The molecule has 0 unspecified atom stereocenters. The van der Waals surface area contributed by atoms with Crippen LogP contribution in [0.5, 0.6) is 0 Å². The van der Waals surface area contributed by atoms with E-state index < -0.39 is 18.1 Å². The van der Waals surface area contributed by atoms with Crippen LogP contribution in [0.3, 0.4) is 0 Å². The zero-order valence-corrected chi connectivity index (χ0v) is 14.2. The fourth-order valence-corrected chi connectivity index (χ4v) is 3.14. The van der Waals surface area contributed by atoms with Gasteiger partial charge in [-0.25, -0.2) is 0 Å². The molecular weight excluding hydrogens is 299 g/mol. The molecule has 1 aromatic heterocycles. The smallest absolute Gasteiger partial charge is 0.226 e. The molecule has 1 fully saturated rings. The molecule has 0 saturated carbocycles. The predicted molar refractivity (Wildman–Crippen MR) is 84.3 cm³/mol. The number of likely N-dealkylation sites (tertiary alicyclic amines) is 1. The Bertz CT molecular complexity index is 579. The van der Waals surface area contributed by atoms with Crippen LogP contribution >= 0.6 is 0 Å². The van der Waals surface area contributed by atoms with Gasteiger partial charge in [0.15, 0.2) is 0 Å². The third kappa shape index (κ3) is 3.71. The van der Waals surface area contributed by atoms with E-state index in [1.54, 1.807) is 22.8 Å². The van der Waals surface area contributed by atoms with Crippen LogP contribution in [0.25, 0.3) is 0 Å². The lowest BCUT2D eigenvalue weighted by atomic mass is 9.92. The number of aromatic nitrogens is 2. The maximum Gasteiger partial charge on any atom is 0.226 e. The summed E-state index contributed by atoms with van der Waals surface area (Å²) >= 11 is 0. The summed E-state index contributed by atoms with van der Waals surface area (Å²) in [5.74, 6) is -0.727. The van der Waals surface area contributed by atoms with E-state index in [1.165, 1.54) is 0 Å². The standard InChI is InChI=1S/C16H25FN4O2/c1-16(2,3)21-13(22)8-12(15(23)18-7-5-6-17)14(21)11-9-19-20(4)10-11/h9-10,12,14H,5-8H2,1-4H3,(H,18,23)/t12-,14+/m0/s1. The molecular formula is C16H25FN4O2. The Morgan fingerprint density at radius 3 is 2.70 bits per heavy atom. The van der Waals surface area contributed by atoms with E-state index in [9.17, 15) is 14.0 Å². The molecule has 128 valence electrons. The minimum atomic E-state index is -0.481. The number of nitrogens with one attached hydrogen (secondary N) is 1. The summed E-state index contributed by atoms with van der Waals surface area (Å²) in [5.41, 5.74) is 0.449. The van der Waals surface area contributed by atoms with Crippen LogP contribution in [-0.4, -0.2) is 45.3 Å². The number of nitrogens with zero attached hydrogens (tertiary/aromatic N) is 3. The third-order valence-electron chi connectivity index (χ3n) is 4.06. The largest absolute Gasteiger partial charge is 0.356 e. The maximum absolute atomic E-state index is 12.5. The fourth-order valence-electron chi connectivity index (χ4n) is 3.14. The Labute approximate surface area is 136 Å². The molecule has 7 heteroatoms. The zero-order chi connectivity index (χ0) is 17.2. The molecule has 1 aromatic rings. The number of rotatable bonds is 5. The van der Waals surface area contributed by atoms with E-state index in [0.29, 0.717) is 0 Å². The molecule has 0 bridgehead atoms. The highest BCUT2D eigenvalue weighted by molar-refractivity contribution is 5.90. The van der Waals surface area contributed by atoms with Gasteiger partial charge >= 0.3 is 0 Å². The van der Waals surface area contributed by atoms with Crippen LogP contribution in [0, 0.1) is 5.92 Å². The van der Waals surface area contributed by atoms with Crippen molar-refractivity contribution in [3.8, 4) is 0 Å². The molecule has 1 aliphatic rings. The van der Waals surface area contributed by atoms with Crippen molar-refractivity contribution in [3.63, 3.8) is 0 Å². The van der Waals surface area contributed by atoms with Crippen LogP contribution in [0.4, 0.5) is 4.39 Å². The van der Waals surface area contributed by atoms with Crippen molar-refractivity contribution in [2.75, 3.05) is 13.2 Å². The summed E-state index contributed by atoms with van der Waals surface area (Å²) in [4.78, 5) is 26.8. The minimum Gasteiger partial charge on any atom is -0.356 e. The van der Waals surface area contributed by atoms with Crippen LogP contribution < -0.4 is 5.32 Å². The normalized spacial score (nSPS) is 21.8. The minimum absolute atomic E-state index is 0.0444. The summed E-state index contributed by atoms with van der Waals surface area (Å²) in [7, 11) is 1.80. The predicted octanol–water partition coefficient (Wildman–Crippen LogP) is 1.58. The number of amides is 2. The summed E-state index contributed by atoms with van der Waals surface area (Å²) in [6.07, 6.45) is 3.99. The molecule has 1 N–H and O–H groups in total. The molecule has 0 radical (unpaired) electrons. The van der Waals surface area contributed by atoms with Gasteiger partial charge in [-0.05, 0) is 27.2 Å². The molecule has 2 heterocycles. The van der Waals surface area contributed by atoms with Gasteiger partial charge in [-0.15, -0.1) is 0 Å². The van der Waals surface area contributed by atoms with E-state index in [0.717, 1.165) is 5.56 Å². The first-order valence-electron chi connectivity index (χ1n) is 7.90. The van der Waals surface area contributed by atoms with E-state index in [1.807, 2.05) is 27.0 Å². The molecule has 0 aliphatic carbocycles. The summed E-state index contributed by atoms with van der Waals surface area (Å²) in [6.45, 7) is 5.69. The van der Waals surface area contributed by atoms with Crippen LogP contribution in [0.1, 0.15) is 45.2 Å². The number of aryl methyl sites for hydroxylation is 1. The molecule has 6 nitrogen and oxygen atoms in total. The van der Waals surface area contributed by atoms with Crippen molar-refractivity contribution in [1.29, 1.82) is 0 Å². The number of hydrogen-bond acceptors (Lipinski definition) is 3. The van der Waals surface area contributed by atoms with Crippen LogP contribution in [0.15, 0.2) is 12.4 Å². The Morgan fingerprint density at radius 2 is 2.17 bits per heavy atom. The zero-order valence-electron chi connectivity index (χ0n) is 14.2. The number of hydrogen-bond donors (Lipinski definition) is 1. The van der Waals surface area contributed by atoms with Gasteiger partial charge in [0, 0.05) is 37.3 Å². The van der Waals surface area contributed by atoms with Crippen molar-refractivity contribution >= 4 is 11.8 Å². The van der Waals surface area contributed by atoms with Crippen molar-refractivity contribution in [2.24, 2.45) is 13.0 Å². The first kappa shape index (κ1) is 17.4. The quantitative estimate of drug-likeness (QED) is 0.836. The molecule has 1 aliphatic heterocycles. The first-order valence-corrected chi connectivity index (χ1v) is 7.90. The molecule has 1 saturated heterocycles. The fraction of sp³-hybridized carbons (Fsp3) is 0.688. The first-order chi connectivity index (χ1) is 10.8. The maximum atomic E-state index is 12.5. The second-order valence-corrected chi connectivity index (χ2v) is 6.97. The molecule has 2 atom stereocenters. The molecule has 0 spiro atoms. The van der Waals surface area contributed by atoms with Crippen molar-refractivity contribution in [3.05, 3.63) is 18.0 Å². The molecule has 2 rings (SSSR count). The van der Waals surface area contributed by atoms with Gasteiger partial charge < -0.3 is 10.2 Å². The van der Waals surface area contributed by atoms with Gasteiger partial charge in [0.2, 0.25) is 11.8 Å². The lowest BCUT2D eigenvalue weighted by Crippen LogP contribution is -2.45. The average molecular weight is 324 g/mol. The number of carbonyl (C=O) groups is 2. The number of alkyl halides is 1. The van der Waals surface area contributed by atoms with Crippen molar-refractivity contribution in [2.45, 2.75) is 45.2 Å². The summed E-state index contributed by atoms with van der Waals surface area (Å²) < 4.78 is 13.9. The highest BCUT2D eigenvalue weighted by Crippen LogP contribution is 2.42. The second-order valence-electron chi connectivity index (χ2n) is 6.97. The summed E-state index contributed by atoms with van der Waals surface area (Å²) in [5, 5.41) is 6.91. The SMILES string of the molecule is Cn1cc([C@@H]2[C@@H](C(=O)NCCCF)CC(=O)N2C(C)(C)C)cn1. The van der Waals surface area contributed by atoms with E-state index in [2.05, 4.69) is 10.4 Å². The Hall–Kier alpha value is -1.92. The Morgan fingerprint density at radius 1 is 1.48 bits per heavy atom. The summed E-state index contributed by atoms with van der Waals surface area (Å²) in [6, 6.07) is -0.346.